The van der Waals surface area contributed by atoms with Crippen molar-refractivity contribution in [2.75, 3.05) is 6.73 Å². The SMILES string of the molecule is NCOc1cc(=O)[nH]cn1. The molecule has 0 unspecified atom stereocenters. The molecule has 0 bridgehead atoms. The number of nitrogens with zero attached hydrogens (tertiary/aromatic N) is 1. The van der Waals surface area contributed by atoms with Crippen LogP contribution in [0.3, 0.4) is 0 Å². The number of nitrogens with two attached hydrogens (primary N) is 1. The highest BCUT2D eigenvalue weighted by Crippen LogP contribution is 1.95. The lowest BCUT2D eigenvalue weighted by Gasteiger charge is -1.97. The summed E-state index contributed by atoms with van der Waals surface area (Å²) in [7, 11) is 0. The molecule has 0 saturated heterocycles. The van der Waals surface area contributed by atoms with Gasteiger partial charge in [-0.05, 0) is 0 Å². The van der Waals surface area contributed by atoms with Crippen LogP contribution in [0.15, 0.2) is 17.2 Å². The first-order valence-corrected chi connectivity index (χ1v) is 2.70. The minimum atomic E-state index is -0.251. The summed E-state index contributed by atoms with van der Waals surface area (Å²) in [5.74, 6) is 0.242. The van der Waals surface area contributed by atoms with E-state index in [1.807, 2.05) is 0 Å². The van der Waals surface area contributed by atoms with Crippen LogP contribution in [-0.4, -0.2) is 16.7 Å². The fraction of sp³-hybridized carbons (Fsp3) is 0.200. The van der Waals surface area contributed by atoms with Gasteiger partial charge in [-0.15, -0.1) is 0 Å². The van der Waals surface area contributed by atoms with Crippen molar-refractivity contribution in [2.45, 2.75) is 0 Å². The molecular formula is C5H7N3O2. The molecule has 0 fully saturated rings. The van der Waals surface area contributed by atoms with Crippen molar-refractivity contribution in [1.29, 1.82) is 0 Å². The van der Waals surface area contributed by atoms with Crippen molar-refractivity contribution in [3.8, 4) is 5.88 Å². The van der Waals surface area contributed by atoms with E-state index in [4.69, 9.17) is 10.5 Å². The topological polar surface area (TPSA) is 81.0 Å². The van der Waals surface area contributed by atoms with Crippen molar-refractivity contribution >= 4 is 0 Å². The van der Waals surface area contributed by atoms with E-state index in [9.17, 15) is 4.79 Å². The molecule has 1 aromatic heterocycles. The molecule has 1 rings (SSSR count). The van der Waals surface area contributed by atoms with E-state index in [-0.39, 0.29) is 18.2 Å². The highest BCUT2D eigenvalue weighted by Gasteiger charge is 1.91. The zero-order chi connectivity index (χ0) is 7.40. The van der Waals surface area contributed by atoms with Gasteiger partial charge in [0, 0.05) is 0 Å². The summed E-state index contributed by atoms with van der Waals surface area (Å²) in [4.78, 5) is 16.6. The number of aromatic amines is 1. The minimum absolute atomic E-state index is 0.0243. The van der Waals surface area contributed by atoms with Crippen molar-refractivity contribution < 1.29 is 4.74 Å². The zero-order valence-corrected chi connectivity index (χ0v) is 5.20. The van der Waals surface area contributed by atoms with Gasteiger partial charge in [0.25, 0.3) is 5.56 Å². The van der Waals surface area contributed by atoms with Gasteiger partial charge in [-0.25, -0.2) is 4.98 Å². The summed E-state index contributed by atoms with van der Waals surface area (Å²) in [6, 6.07) is 1.23. The molecule has 0 spiro atoms. The molecule has 0 aromatic carbocycles. The monoisotopic (exact) mass is 141 g/mol. The van der Waals surface area contributed by atoms with Crippen LogP contribution in [0.25, 0.3) is 0 Å². The van der Waals surface area contributed by atoms with Gasteiger partial charge in [0.1, 0.15) is 6.73 Å². The molecule has 0 aliphatic carbocycles. The Morgan fingerprint density at radius 3 is 3.20 bits per heavy atom. The van der Waals surface area contributed by atoms with Crippen LogP contribution in [0.1, 0.15) is 0 Å². The summed E-state index contributed by atoms with van der Waals surface area (Å²) in [6.07, 6.45) is 1.26. The first kappa shape index (κ1) is 6.76. The molecule has 1 aromatic rings. The summed E-state index contributed by atoms with van der Waals surface area (Å²) in [5.41, 5.74) is 4.78. The Kier molecular flexibility index (Phi) is 2.01. The Labute approximate surface area is 56.9 Å². The highest BCUT2D eigenvalue weighted by molar-refractivity contribution is 5.04. The molecule has 54 valence electrons. The van der Waals surface area contributed by atoms with Crippen LogP contribution in [0.5, 0.6) is 5.88 Å². The smallest absolute Gasteiger partial charge is 0.254 e. The number of H-pyrrole nitrogens is 1. The van der Waals surface area contributed by atoms with Gasteiger partial charge >= 0.3 is 0 Å². The van der Waals surface area contributed by atoms with Crippen LogP contribution in [0, 0.1) is 0 Å². The third-order valence-electron chi connectivity index (χ3n) is 0.884. The molecule has 1 heterocycles. The number of hydrogen-bond acceptors (Lipinski definition) is 4. The lowest BCUT2D eigenvalue weighted by Crippen LogP contribution is -2.11. The standard InChI is InChI=1S/C5H7N3O2/c6-2-10-5-1-4(9)7-3-8-5/h1,3H,2,6H2,(H,7,8,9). The average Bonchev–Trinajstić information content (AvgIpc) is 1.88. The summed E-state index contributed by atoms with van der Waals surface area (Å²) in [5, 5.41) is 0. The maximum Gasteiger partial charge on any atom is 0.254 e. The normalized spacial score (nSPS) is 9.30. The second-order valence-corrected chi connectivity index (χ2v) is 1.56. The number of nitrogens with one attached hydrogen (secondary N) is 1. The average molecular weight is 141 g/mol. The lowest BCUT2D eigenvalue weighted by atomic mass is 10.6. The number of aromatic nitrogens is 2. The minimum Gasteiger partial charge on any atom is -0.462 e. The molecular weight excluding hydrogens is 134 g/mol. The predicted octanol–water partition coefficient (Wildman–Crippen LogP) is -0.935. The number of hydrogen-bond donors (Lipinski definition) is 2. The third kappa shape index (κ3) is 1.56. The van der Waals surface area contributed by atoms with Crippen LogP contribution in [0.4, 0.5) is 0 Å². The van der Waals surface area contributed by atoms with Gasteiger partial charge < -0.3 is 9.72 Å². The Bertz CT molecular complexity index is 257. The van der Waals surface area contributed by atoms with Crippen molar-refractivity contribution in [3.05, 3.63) is 22.7 Å². The van der Waals surface area contributed by atoms with E-state index in [0.717, 1.165) is 0 Å². The summed E-state index contributed by atoms with van der Waals surface area (Å²) < 4.78 is 4.73. The molecule has 0 radical (unpaired) electrons. The molecule has 10 heavy (non-hydrogen) atoms. The first-order chi connectivity index (χ1) is 4.83. The Morgan fingerprint density at radius 1 is 1.80 bits per heavy atom. The molecule has 5 heteroatoms. The zero-order valence-electron chi connectivity index (χ0n) is 5.20. The first-order valence-electron chi connectivity index (χ1n) is 2.70. The van der Waals surface area contributed by atoms with Crippen LogP contribution < -0.4 is 16.0 Å². The van der Waals surface area contributed by atoms with Gasteiger partial charge in [-0.2, -0.15) is 0 Å². The maximum atomic E-state index is 10.5. The molecule has 5 nitrogen and oxygen atoms in total. The largest absolute Gasteiger partial charge is 0.462 e. The lowest BCUT2D eigenvalue weighted by molar-refractivity contribution is 0.315. The second-order valence-electron chi connectivity index (χ2n) is 1.56. The van der Waals surface area contributed by atoms with Crippen LogP contribution >= 0.6 is 0 Å². The molecule has 0 atom stereocenters. The number of rotatable bonds is 2. The van der Waals surface area contributed by atoms with E-state index in [2.05, 4.69) is 9.97 Å². The van der Waals surface area contributed by atoms with E-state index in [1.54, 1.807) is 0 Å². The second kappa shape index (κ2) is 2.98. The van der Waals surface area contributed by atoms with Crippen molar-refractivity contribution in [3.63, 3.8) is 0 Å². The third-order valence-corrected chi connectivity index (χ3v) is 0.884. The maximum absolute atomic E-state index is 10.5. The van der Waals surface area contributed by atoms with E-state index in [1.165, 1.54) is 12.4 Å². The molecule has 0 aliphatic heterocycles. The summed E-state index contributed by atoms with van der Waals surface area (Å²) >= 11 is 0. The van der Waals surface area contributed by atoms with Crippen LogP contribution in [0.2, 0.25) is 0 Å². The molecule has 0 amide bonds. The van der Waals surface area contributed by atoms with Crippen molar-refractivity contribution in [2.24, 2.45) is 5.73 Å². The number of ether oxygens (including phenoxy) is 1. The Morgan fingerprint density at radius 2 is 2.60 bits per heavy atom. The van der Waals surface area contributed by atoms with E-state index >= 15 is 0 Å². The Hall–Kier alpha value is -1.36. The van der Waals surface area contributed by atoms with E-state index in [0.29, 0.717) is 0 Å². The fourth-order valence-corrected chi connectivity index (χ4v) is 0.515. The quantitative estimate of drug-likeness (QED) is 0.521. The predicted molar refractivity (Wildman–Crippen MR) is 34.5 cm³/mol. The van der Waals surface area contributed by atoms with Gasteiger partial charge in [0.15, 0.2) is 0 Å². The fourth-order valence-electron chi connectivity index (χ4n) is 0.515. The Balaban J connectivity index is 2.85. The summed E-state index contributed by atoms with van der Waals surface area (Å²) in [6.45, 7) is 0.0243. The van der Waals surface area contributed by atoms with Gasteiger partial charge in [0.05, 0.1) is 12.4 Å². The molecule has 3 N–H and O–H groups in total. The molecule has 0 aliphatic rings. The van der Waals surface area contributed by atoms with Crippen molar-refractivity contribution in [1.82, 2.24) is 9.97 Å². The highest BCUT2D eigenvalue weighted by atomic mass is 16.5. The van der Waals surface area contributed by atoms with Gasteiger partial charge in [-0.3, -0.25) is 10.5 Å². The van der Waals surface area contributed by atoms with Crippen LogP contribution in [-0.2, 0) is 0 Å². The van der Waals surface area contributed by atoms with E-state index < -0.39 is 0 Å². The van der Waals surface area contributed by atoms with Gasteiger partial charge in [-0.1, -0.05) is 0 Å². The van der Waals surface area contributed by atoms with Gasteiger partial charge in [0.2, 0.25) is 5.88 Å². The molecule has 0 saturated carbocycles.